The van der Waals surface area contributed by atoms with Gasteiger partial charge in [-0.3, -0.25) is 0 Å². The van der Waals surface area contributed by atoms with Crippen LogP contribution in [0.1, 0.15) is 21.7 Å². The van der Waals surface area contributed by atoms with E-state index in [1.54, 1.807) is 12.1 Å². The van der Waals surface area contributed by atoms with Crippen LogP contribution in [0.25, 0.3) is 5.82 Å². The Labute approximate surface area is 171 Å². The molecule has 3 heterocycles. The molecule has 0 fully saturated rings. The van der Waals surface area contributed by atoms with Crippen molar-refractivity contribution in [2.45, 2.75) is 13.5 Å². The van der Waals surface area contributed by atoms with Gasteiger partial charge < -0.3 is 15.8 Å². The van der Waals surface area contributed by atoms with Crippen LogP contribution in [-0.4, -0.2) is 40.7 Å². The molecule has 30 heavy (non-hydrogen) atoms. The van der Waals surface area contributed by atoms with Gasteiger partial charge >= 0.3 is 5.97 Å². The number of pyridine rings is 1. The van der Waals surface area contributed by atoms with E-state index >= 15 is 0 Å². The third kappa shape index (κ3) is 4.52. The summed E-state index contributed by atoms with van der Waals surface area (Å²) in [6.45, 7) is 1.83. The van der Waals surface area contributed by atoms with E-state index in [4.69, 9.17) is 10.5 Å². The lowest BCUT2D eigenvalue weighted by molar-refractivity contribution is 0.0461. The first-order valence-corrected chi connectivity index (χ1v) is 8.89. The van der Waals surface area contributed by atoms with Gasteiger partial charge in [0.25, 0.3) is 0 Å². The Morgan fingerprint density at radius 1 is 1.13 bits per heavy atom. The van der Waals surface area contributed by atoms with E-state index < -0.39 is 5.97 Å². The molecule has 0 saturated carbocycles. The highest BCUT2D eigenvalue weighted by molar-refractivity contribution is 5.89. The van der Waals surface area contributed by atoms with Gasteiger partial charge in [0.05, 0.1) is 5.56 Å². The zero-order valence-corrected chi connectivity index (χ0v) is 15.9. The number of benzene rings is 1. The van der Waals surface area contributed by atoms with Crippen molar-refractivity contribution in [2.75, 3.05) is 11.1 Å². The summed E-state index contributed by atoms with van der Waals surface area (Å²) in [7, 11) is 0. The number of ether oxygens (including phenoxy) is 1. The average Bonchev–Trinajstić information content (AvgIpc) is 3.28. The van der Waals surface area contributed by atoms with Gasteiger partial charge in [-0.15, -0.1) is 0 Å². The van der Waals surface area contributed by atoms with Crippen molar-refractivity contribution >= 4 is 23.6 Å². The second kappa shape index (κ2) is 8.31. The van der Waals surface area contributed by atoms with Crippen LogP contribution < -0.4 is 11.1 Å². The predicted molar refractivity (Wildman–Crippen MR) is 107 cm³/mol. The first-order valence-electron chi connectivity index (χ1n) is 8.89. The number of hydrogen-bond acceptors (Lipinski definition) is 10. The van der Waals surface area contributed by atoms with Crippen molar-refractivity contribution in [3.05, 3.63) is 72.2 Å². The van der Waals surface area contributed by atoms with Crippen LogP contribution in [0.3, 0.4) is 0 Å². The van der Waals surface area contributed by atoms with Crippen LogP contribution >= 0.6 is 0 Å². The number of aryl methyl sites for hydroxylation is 1. The first-order chi connectivity index (χ1) is 14.6. The molecule has 0 amide bonds. The van der Waals surface area contributed by atoms with E-state index in [-0.39, 0.29) is 29.9 Å². The maximum Gasteiger partial charge on any atom is 0.340 e. The van der Waals surface area contributed by atoms with Crippen LogP contribution in [-0.2, 0) is 11.3 Å². The van der Waals surface area contributed by atoms with Crippen molar-refractivity contribution < 1.29 is 9.53 Å². The van der Waals surface area contributed by atoms with Gasteiger partial charge in [0, 0.05) is 11.9 Å². The highest BCUT2D eigenvalue weighted by atomic mass is 16.5. The molecular weight excluding hydrogens is 386 g/mol. The molecule has 0 bridgehead atoms. The number of carbonyl (C=O) groups is 1. The summed E-state index contributed by atoms with van der Waals surface area (Å²) in [5.74, 6) is 0.458. The quantitative estimate of drug-likeness (QED) is 0.457. The number of nitrogens with one attached hydrogen (secondary N) is 1. The number of nitrogen functional groups attached to an aromatic ring is 1. The summed E-state index contributed by atoms with van der Waals surface area (Å²) in [4.78, 5) is 32.6. The van der Waals surface area contributed by atoms with Crippen LogP contribution in [0, 0.1) is 6.92 Å². The number of anilines is 3. The molecule has 0 aliphatic heterocycles. The van der Waals surface area contributed by atoms with Gasteiger partial charge in [0.15, 0.2) is 18.2 Å². The minimum absolute atomic E-state index is 0.0181. The molecule has 4 rings (SSSR count). The fraction of sp³-hybridized carbons (Fsp3) is 0.105. The normalized spacial score (nSPS) is 10.6. The number of rotatable bonds is 6. The second-order valence-corrected chi connectivity index (χ2v) is 6.25. The third-order valence-corrected chi connectivity index (χ3v) is 3.98. The number of aromatic nitrogens is 7. The number of nitrogens with two attached hydrogens (primary N) is 1. The molecule has 4 aromatic rings. The minimum Gasteiger partial charge on any atom is -0.454 e. The van der Waals surface area contributed by atoms with E-state index in [2.05, 4.69) is 35.3 Å². The standard InChI is InChI=1S/C19H17N9O2/c1-12-2-5-14(6-3-12)24-19-26-15(25-18(20)27-19)9-30-17(29)13-4-7-16(22-8-13)28-11-21-10-23-28/h2-8,10-11H,9H2,1H3,(H3,20,24,25,26,27). The topological polar surface area (TPSA) is 147 Å². The molecule has 0 aliphatic rings. The SMILES string of the molecule is Cc1ccc(Nc2nc(N)nc(COC(=O)c3ccc(-n4cncn4)nc3)n2)cc1. The predicted octanol–water partition coefficient (Wildman–Crippen LogP) is 1.84. The van der Waals surface area contributed by atoms with Gasteiger partial charge in [-0.05, 0) is 31.2 Å². The monoisotopic (exact) mass is 403 g/mol. The third-order valence-electron chi connectivity index (χ3n) is 3.98. The number of hydrogen-bond donors (Lipinski definition) is 2. The summed E-state index contributed by atoms with van der Waals surface area (Å²) in [6.07, 6.45) is 4.30. The number of carbonyl (C=O) groups excluding carboxylic acids is 1. The van der Waals surface area contributed by atoms with E-state index in [1.165, 1.54) is 23.5 Å². The lowest BCUT2D eigenvalue weighted by atomic mass is 10.2. The van der Waals surface area contributed by atoms with Crippen molar-refractivity contribution in [1.29, 1.82) is 0 Å². The molecule has 3 N–H and O–H groups in total. The van der Waals surface area contributed by atoms with Crippen molar-refractivity contribution in [3.8, 4) is 5.82 Å². The lowest BCUT2D eigenvalue weighted by Gasteiger charge is -2.08. The number of esters is 1. The fourth-order valence-corrected chi connectivity index (χ4v) is 2.51. The van der Waals surface area contributed by atoms with Crippen LogP contribution in [0.2, 0.25) is 0 Å². The van der Waals surface area contributed by atoms with E-state index in [9.17, 15) is 4.79 Å². The Balaban J connectivity index is 1.41. The van der Waals surface area contributed by atoms with Crippen molar-refractivity contribution in [3.63, 3.8) is 0 Å². The summed E-state index contributed by atoms with van der Waals surface area (Å²) >= 11 is 0. The minimum atomic E-state index is -0.570. The molecule has 0 atom stereocenters. The van der Waals surface area contributed by atoms with E-state index in [0.29, 0.717) is 5.82 Å². The summed E-state index contributed by atoms with van der Waals surface area (Å²) in [5, 5.41) is 7.02. The molecule has 150 valence electrons. The highest BCUT2D eigenvalue weighted by Gasteiger charge is 2.12. The molecule has 0 unspecified atom stereocenters. The molecule has 0 radical (unpaired) electrons. The maximum atomic E-state index is 12.3. The van der Waals surface area contributed by atoms with Crippen molar-refractivity contribution in [1.82, 2.24) is 34.7 Å². The zero-order valence-electron chi connectivity index (χ0n) is 15.9. The fourth-order valence-electron chi connectivity index (χ4n) is 2.51. The largest absolute Gasteiger partial charge is 0.454 e. The molecule has 11 heteroatoms. The zero-order chi connectivity index (χ0) is 20.9. The Bertz CT molecular complexity index is 1140. The Kier molecular flexibility index (Phi) is 5.24. The van der Waals surface area contributed by atoms with Gasteiger partial charge in [-0.2, -0.15) is 20.1 Å². The summed E-state index contributed by atoms with van der Waals surface area (Å²) in [6, 6.07) is 10.9. The second-order valence-electron chi connectivity index (χ2n) is 6.25. The average molecular weight is 403 g/mol. The smallest absolute Gasteiger partial charge is 0.340 e. The molecule has 11 nitrogen and oxygen atoms in total. The Morgan fingerprint density at radius 3 is 2.67 bits per heavy atom. The van der Waals surface area contributed by atoms with Gasteiger partial charge in [-0.25, -0.2) is 19.4 Å². The summed E-state index contributed by atoms with van der Waals surface area (Å²) in [5.41, 5.74) is 7.96. The van der Waals surface area contributed by atoms with Crippen LogP contribution in [0.5, 0.6) is 0 Å². The highest BCUT2D eigenvalue weighted by Crippen LogP contribution is 2.15. The molecule has 0 saturated heterocycles. The first kappa shape index (κ1) is 18.9. The molecule has 0 aliphatic carbocycles. The number of nitrogens with zero attached hydrogens (tertiary/aromatic N) is 7. The van der Waals surface area contributed by atoms with Gasteiger partial charge in [0.2, 0.25) is 11.9 Å². The maximum absolute atomic E-state index is 12.3. The van der Waals surface area contributed by atoms with Crippen LogP contribution in [0.4, 0.5) is 17.6 Å². The van der Waals surface area contributed by atoms with E-state index in [0.717, 1.165) is 11.3 Å². The Morgan fingerprint density at radius 2 is 1.97 bits per heavy atom. The summed E-state index contributed by atoms with van der Waals surface area (Å²) < 4.78 is 6.75. The van der Waals surface area contributed by atoms with E-state index in [1.807, 2.05) is 31.2 Å². The molecular formula is C19H17N9O2. The lowest BCUT2D eigenvalue weighted by Crippen LogP contribution is -2.11. The van der Waals surface area contributed by atoms with Gasteiger partial charge in [0.1, 0.15) is 12.7 Å². The van der Waals surface area contributed by atoms with Crippen LogP contribution in [0.15, 0.2) is 55.2 Å². The molecule has 3 aromatic heterocycles. The van der Waals surface area contributed by atoms with Gasteiger partial charge in [-0.1, -0.05) is 17.7 Å². The molecule has 0 spiro atoms. The molecule has 1 aromatic carbocycles. The van der Waals surface area contributed by atoms with Crippen molar-refractivity contribution in [2.24, 2.45) is 0 Å². The Hall–Kier alpha value is -4.41.